The minimum atomic E-state index is -2.81. The van der Waals surface area contributed by atoms with Gasteiger partial charge < -0.3 is 14.7 Å². The van der Waals surface area contributed by atoms with E-state index in [1.54, 1.807) is 6.92 Å². The van der Waals surface area contributed by atoms with Gasteiger partial charge in [-0.3, -0.25) is 4.79 Å². The highest BCUT2D eigenvalue weighted by Crippen LogP contribution is 2.36. The Labute approximate surface area is 223 Å². The summed E-state index contributed by atoms with van der Waals surface area (Å²) in [5.74, 6) is 0.464. The zero-order valence-electron chi connectivity index (χ0n) is 22.3. The van der Waals surface area contributed by atoms with Crippen LogP contribution in [0.25, 0.3) is 11.2 Å². The average molecular weight is 541 g/mol. The first-order valence-corrected chi connectivity index (χ1v) is 12.8. The van der Waals surface area contributed by atoms with Gasteiger partial charge in [-0.1, -0.05) is 31.1 Å². The molecule has 0 saturated carbocycles. The summed E-state index contributed by atoms with van der Waals surface area (Å²) in [7, 11) is 0. The van der Waals surface area contributed by atoms with Crippen LogP contribution in [0.1, 0.15) is 74.1 Å². The molecule has 0 aromatic carbocycles. The second-order valence-corrected chi connectivity index (χ2v) is 11.0. The van der Waals surface area contributed by atoms with E-state index in [4.69, 9.17) is 10.9 Å². The minimum Gasteiger partial charge on any atom is -0.358 e. The van der Waals surface area contributed by atoms with Gasteiger partial charge >= 0.3 is 0 Å². The van der Waals surface area contributed by atoms with Crippen LogP contribution in [-0.4, -0.2) is 67.2 Å². The van der Waals surface area contributed by atoms with E-state index in [1.807, 2.05) is 20.8 Å². The smallest absolute Gasteiger partial charge is 0.266 e. The van der Waals surface area contributed by atoms with Crippen LogP contribution in [0.5, 0.6) is 0 Å². The molecule has 0 atom stereocenters. The molecule has 12 nitrogen and oxygen atoms in total. The number of carbonyl (C=O) groups excluding carboxylic acids is 1. The monoisotopic (exact) mass is 540 g/mol. The number of alkyl halides is 2. The molecule has 0 spiro atoms. The Kier molecular flexibility index (Phi) is 6.56. The van der Waals surface area contributed by atoms with Crippen LogP contribution in [-0.2, 0) is 12.0 Å². The minimum absolute atomic E-state index is 0.00701. The lowest BCUT2D eigenvalue weighted by molar-refractivity contribution is 0.0256. The third-order valence-electron chi connectivity index (χ3n) is 6.80. The van der Waals surface area contributed by atoms with Crippen LogP contribution in [0.4, 0.5) is 14.6 Å². The number of aryl methyl sites for hydroxylation is 1. The van der Waals surface area contributed by atoms with Gasteiger partial charge in [-0.15, -0.1) is 17.4 Å². The third kappa shape index (κ3) is 5.43. The number of aromatic nitrogens is 6. The van der Waals surface area contributed by atoms with Crippen LogP contribution in [0.3, 0.4) is 0 Å². The van der Waals surface area contributed by atoms with E-state index in [1.165, 1.54) is 9.58 Å². The molecule has 2 aliphatic heterocycles. The molecule has 206 valence electrons. The number of rotatable bonds is 9. The molecule has 0 bridgehead atoms. The van der Waals surface area contributed by atoms with Gasteiger partial charge in [0, 0.05) is 44.2 Å². The topological polar surface area (TPSA) is 140 Å². The largest absolute Gasteiger partial charge is 0.358 e. The fourth-order valence-corrected chi connectivity index (χ4v) is 4.51. The molecule has 39 heavy (non-hydrogen) atoms. The quantitative estimate of drug-likeness (QED) is 0.407. The number of anilines is 1. The lowest BCUT2D eigenvalue weighted by Gasteiger charge is -2.22. The predicted molar refractivity (Wildman–Crippen MR) is 137 cm³/mol. The Balaban J connectivity index is 1.39. The second-order valence-electron chi connectivity index (χ2n) is 11.0. The SMILES string of the molecule is C#CCCC1(CCNC(=O)c2c(C)noc2Cn2nnc3c(N4CCC(F)(F)C4)nc(C(C)(C)C)nc32)N=N1. The lowest BCUT2D eigenvalue weighted by atomic mass is 9.96. The molecule has 3 aromatic heterocycles. The predicted octanol–water partition coefficient (Wildman–Crippen LogP) is 3.40. The number of carbonyl (C=O) groups is 1. The molecule has 0 radical (unpaired) electrons. The number of amides is 1. The van der Waals surface area contributed by atoms with Crippen molar-refractivity contribution in [3.8, 4) is 12.3 Å². The van der Waals surface area contributed by atoms with Gasteiger partial charge in [0.2, 0.25) is 0 Å². The number of halogens is 2. The molecular weight excluding hydrogens is 510 g/mol. The molecule has 5 heterocycles. The Hall–Kier alpha value is -4.02. The Morgan fingerprint density at radius 2 is 2.00 bits per heavy atom. The Bertz CT molecular complexity index is 1470. The maximum atomic E-state index is 14.0. The van der Waals surface area contributed by atoms with Crippen molar-refractivity contribution in [2.75, 3.05) is 24.5 Å². The van der Waals surface area contributed by atoms with E-state index in [0.717, 1.165) is 0 Å². The highest BCUT2D eigenvalue weighted by atomic mass is 19.3. The first-order chi connectivity index (χ1) is 18.4. The Morgan fingerprint density at radius 3 is 2.64 bits per heavy atom. The van der Waals surface area contributed by atoms with Crippen molar-refractivity contribution in [1.82, 2.24) is 35.4 Å². The van der Waals surface area contributed by atoms with Crippen LogP contribution in [0.2, 0.25) is 0 Å². The molecule has 1 saturated heterocycles. The van der Waals surface area contributed by atoms with Crippen molar-refractivity contribution < 1.29 is 18.1 Å². The molecule has 14 heteroatoms. The molecule has 1 N–H and O–H groups in total. The van der Waals surface area contributed by atoms with Gasteiger partial charge in [0.25, 0.3) is 11.8 Å². The standard InChI is InChI=1S/C25H30F2N10O2/c1-6-7-8-25(33-34-25)9-11-28-21(38)17-15(2)32-39-16(17)13-37-20-18(31-35-37)19(29-22(30-20)23(3,4)5)36-12-10-24(26,27)14-36/h1H,7-14H2,2-5H3,(H,28,38). The fraction of sp³-hybridized carbons (Fsp3) is 0.600. The van der Waals surface area contributed by atoms with Crippen molar-refractivity contribution in [1.29, 1.82) is 0 Å². The zero-order valence-corrected chi connectivity index (χ0v) is 22.3. The molecular formula is C25H30F2N10O2. The van der Waals surface area contributed by atoms with Gasteiger partial charge in [-0.05, 0) is 6.92 Å². The molecule has 0 aliphatic carbocycles. The van der Waals surface area contributed by atoms with E-state index >= 15 is 0 Å². The van der Waals surface area contributed by atoms with Gasteiger partial charge in [0.1, 0.15) is 17.9 Å². The van der Waals surface area contributed by atoms with Crippen molar-refractivity contribution in [2.45, 2.75) is 76.9 Å². The van der Waals surface area contributed by atoms with Gasteiger partial charge in [-0.25, -0.2) is 23.4 Å². The first kappa shape index (κ1) is 26.6. The molecule has 5 rings (SSSR count). The van der Waals surface area contributed by atoms with Gasteiger partial charge in [0.05, 0.1) is 12.2 Å². The van der Waals surface area contributed by atoms with Crippen molar-refractivity contribution in [3.63, 3.8) is 0 Å². The number of hydrogen-bond acceptors (Lipinski definition) is 10. The van der Waals surface area contributed by atoms with Gasteiger partial charge in [-0.2, -0.15) is 10.2 Å². The van der Waals surface area contributed by atoms with Crippen LogP contribution >= 0.6 is 0 Å². The third-order valence-corrected chi connectivity index (χ3v) is 6.80. The highest BCUT2D eigenvalue weighted by Gasteiger charge is 2.41. The van der Waals surface area contributed by atoms with Crippen LogP contribution in [0.15, 0.2) is 14.8 Å². The summed E-state index contributed by atoms with van der Waals surface area (Å²) in [6.45, 7) is 7.53. The summed E-state index contributed by atoms with van der Waals surface area (Å²) < 4.78 is 35.0. The first-order valence-electron chi connectivity index (χ1n) is 12.8. The summed E-state index contributed by atoms with van der Waals surface area (Å²) in [5, 5.41) is 23.5. The van der Waals surface area contributed by atoms with E-state index < -0.39 is 23.5 Å². The summed E-state index contributed by atoms with van der Waals surface area (Å²) in [6.07, 6.45) is 6.82. The van der Waals surface area contributed by atoms with Crippen LogP contribution < -0.4 is 10.2 Å². The number of terminal acetylenes is 1. The highest BCUT2D eigenvalue weighted by molar-refractivity contribution is 5.96. The van der Waals surface area contributed by atoms with Crippen LogP contribution in [0, 0.1) is 19.3 Å². The molecule has 1 fully saturated rings. The molecule has 0 unspecified atom stereocenters. The van der Waals surface area contributed by atoms with E-state index in [0.29, 0.717) is 54.3 Å². The fourth-order valence-electron chi connectivity index (χ4n) is 4.51. The number of nitrogens with one attached hydrogen (secondary N) is 1. The molecule has 2 aliphatic rings. The van der Waals surface area contributed by atoms with Crippen molar-refractivity contribution >= 4 is 22.9 Å². The maximum absolute atomic E-state index is 14.0. The molecule has 1 amide bonds. The zero-order chi connectivity index (χ0) is 28.0. The normalized spacial score (nSPS) is 17.5. The Morgan fingerprint density at radius 1 is 1.23 bits per heavy atom. The second kappa shape index (κ2) is 9.62. The van der Waals surface area contributed by atoms with E-state index in [9.17, 15) is 13.6 Å². The van der Waals surface area contributed by atoms with E-state index in [-0.39, 0.29) is 36.7 Å². The van der Waals surface area contributed by atoms with Crippen molar-refractivity contribution in [3.05, 3.63) is 22.8 Å². The lowest BCUT2D eigenvalue weighted by Crippen LogP contribution is -2.29. The van der Waals surface area contributed by atoms with E-state index in [2.05, 4.69) is 46.9 Å². The number of fused-ring (bicyclic) bond motifs is 1. The number of hydrogen-bond donors (Lipinski definition) is 1. The average Bonchev–Trinajstić information content (AvgIpc) is 3.15. The summed E-state index contributed by atoms with van der Waals surface area (Å²) >= 11 is 0. The molecule has 3 aromatic rings. The summed E-state index contributed by atoms with van der Waals surface area (Å²) in [6, 6.07) is 0. The van der Waals surface area contributed by atoms with Crippen molar-refractivity contribution in [2.24, 2.45) is 10.2 Å². The van der Waals surface area contributed by atoms with Gasteiger partial charge in [0.15, 0.2) is 28.4 Å². The summed E-state index contributed by atoms with van der Waals surface area (Å²) in [4.78, 5) is 23.9. The number of nitrogens with zero attached hydrogens (tertiary/aromatic N) is 9. The maximum Gasteiger partial charge on any atom is 0.266 e. The summed E-state index contributed by atoms with van der Waals surface area (Å²) in [5.41, 5.74) is 0.384.